The lowest BCUT2D eigenvalue weighted by atomic mass is 10.2. The smallest absolute Gasteiger partial charge is 0.340 e. The van der Waals surface area contributed by atoms with Crippen LogP contribution in [0, 0.1) is 24.0 Å². The third kappa shape index (κ3) is 3.99. The molecule has 1 heterocycles. The zero-order valence-corrected chi connectivity index (χ0v) is 15.3. The Morgan fingerprint density at radius 3 is 2.58 bits per heavy atom. The molecule has 2 rings (SSSR count). The maximum absolute atomic E-state index is 12.3. The van der Waals surface area contributed by atoms with Gasteiger partial charge in [0.15, 0.2) is 6.10 Å². The molecule has 0 aliphatic rings. The summed E-state index contributed by atoms with van der Waals surface area (Å²) in [6.45, 7) is 4.91. The van der Waals surface area contributed by atoms with E-state index in [2.05, 4.69) is 10.4 Å². The van der Waals surface area contributed by atoms with Crippen LogP contribution < -0.4 is 5.32 Å². The summed E-state index contributed by atoms with van der Waals surface area (Å²) < 4.78 is 6.70. The van der Waals surface area contributed by atoms with Crippen molar-refractivity contribution in [3.05, 3.63) is 50.3 Å². The molecule has 0 aliphatic heterocycles. The number of nitrogens with zero attached hydrogens (tertiary/aromatic N) is 3. The van der Waals surface area contributed by atoms with Crippen LogP contribution in [-0.2, 0) is 16.6 Å². The third-order valence-electron chi connectivity index (χ3n) is 3.79. The molecular formula is C16H17ClN4O5. The fourth-order valence-electron chi connectivity index (χ4n) is 2.24. The Hall–Kier alpha value is -2.94. The summed E-state index contributed by atoms with van der Waals surface area (Å²) in [5.74, 6) is -1.49. The Balaban J connectivity index is 2.12. The number of amides is 1. The highest BCUT2D eigenvalue weighted by Crippen LogP contribution is 2.24. The van der Waals surface area contributed by atoms with Crippen LogP contribution in [-0.4, -0.2) is 32.7 Å². The molecule has 0 bridgehead atoms. The number of ether oxygens (including phenoxy) is 1. The summed E-state index contributed by atoms with van der Waals surface area (Å²) in [7, 11) is 1.74. The van der Waals surface area contributed by atoms with E-state index < -0.39 is 22.9 Å². The van der Waals surface area contributed by atoms with Crippen molar-refractivity contribution in [1.29, 1.82) is 0 Å². The second-order valence-electron chi connectivity index (χ2n) is 5.63. The van der Waals surface area contributed by atoms with E-state index in [-0.39, 0.29) is 16.3 Å². The van der Waals surface area contributed by atoms with Crippen LogP contribution in [0.15, 0.2) is 18.2 Å². The van der Waals surface area contributed by atoms with E-state index in [0.29, 0.717) is 11.4 Å². The fraction of sp³-hybridized carbons (Fsp3) is 0.312. The van der Waals surface area contributed by atoms with E-state index in [0.717, 1.165) is 11.8 Å². The standard InChI is InChI=1S/C16H17ClN4O5/c1-8-14(9(2)20(4)19-8)18-15(22)10(3)26-16(23)12-7-11(21(24)25)5-6-13(12)17/h5-7,10H,1-4H3,(H,18,22)/t10-/m0/s1. The van der Waals surface area contributed by atoms with Gasteiger partial charge in [-0.1, -0.05) is 11.6 Å². The molecule has 0 spiro atoms. The predicted molar refractivity (Wildman–Crippen MR) is 94.3 cm³/mol. The van der Waals surface area contributed by atoms with Gasteiger partial charge in [0.05, 0.1) is 32.6 Å². The van der Waals surface area contributed by atoms with Gasteiger partial charge >= 0.3 is 5.97 Å². The van der Waals surface area contributed by atoms with Crippen LogP contribution >= 0.6 is 11.6 Å². The first-order valence-electron chi connectivity index (χ1n) is 7.57. The first kappa shape index (κ1) is 19.4. The van der Waals surface area contributed by atoms with E-state index in [1.807, 2.05) is 0 Å². The van der Waals surface area contributed by atoms with Crippen LogP contribution in [0.1, 0.15) is 28.7 Å². The molecule has 0 radical (unpaired) electrons. The molecule has 26 heavy (non-hydrogen) atoms. The topological polar surface area (TPSA) is 116 Å². The lowest BCUT2D eigenvalue weighted by Gasteiger charge is -2.14. The highest BCUT2D eigenvalue weighted by Gasteiger charge is 2.24. The van der Waals surface area contributed by atoms with E-state index in [4.69, 9.17) is 16.3 Å². The average molecular weight is 381 g/mol. The van der Waals surface area contributed by atoms with Crippen LogP contribution in [0.4, 0.5) is 11.4 Å². The maximum atomic E-state index is 12.3. The van der Waals surface area contributed by atoms with E-state index >= 15 is 0 Å². The number of hydrogen-bond acceptors (Lipinski definition) is 6. The van der Waals surface area contributed by atoms with Gasteiger partial charge in [-0.25, -0.2) is 4.79 Å². The quantitative estimate of drug-likeness (QED) is 0.484. The number of aromatic nitrogens is 2. The van der Waals surface area contributed by atoms with Gasteiger partial charge in [0.1, 0.15) is 0 Å². The summed E-state index contributed by atoms with van der Waals surface area (Å²) in [5.41, 5.74) is 1.41. The van der Waals surface area contributed by atoms with Gasteiger partial charge in [-0.05, 0) is 26.8 Å². The molecule has 0 saturated carbocycles. The molecule has 2 aromatic rings. The van der Waals surface area contributed by atoms with Crippen molar-refractivity contribution in [2.45, 2.75) is 26.9 Å². The van der Waals surface area contributed by atoms with Crippen molar-refractivity contribution in [3.63, 3.8) is 0 Å². The number of nitrogens with one attached hydrogen (secondary N) is 1. The number of carbonyl (C=O) groups excluding carboxylic acids is 2. The van der Waals surface area contributed by atoms with Crippen LogP contribution in [0.3, 0.4) is 0 Å². The Morgan fingerprint density at radius 2 is 2.04 bits per heavy atom. The van der Waals surface area contributed by atoms with E-state index in [9.17, 15) is 19.7 Å². The van der Waals surface area contributed by atoms with E-state index in [1.54, 1.807) is 25.6 Å². The Labute approximate surface area is 154 Å². The molecular weight excluding hydrogens is 364 g/mol. The number of hydrogen-bond donors (Lipinski definition) is 1. The lowest BCUT2D eigenvalue weighted by Crippen LogP contribution is -2.30. The lowest BCUT2D eigenvalue weighted by molar-refractivity contribution is -0.384. The first-order valence-corrected chi connectivity index (χ1v) is 7.95. The summed E-state index contributed by atoms with van der Waals surface area (Å²) in [5, 5.41) is 17.7. The number of halogens is 1. The number of nitro benzene ring substituents is 1. The summed E-state index contributed by atoms with van der Waals surface area (Å²) in [4.78, 5) is 34.7. The summed E-state index contributed by atoms with van der Waals surface area (Å²) in [6.07, 6.45) is -1.14. The van der Waals surface area contributed by atoms with Crippen LogP contribution in [0.5, 0.6) is 0 Å². The molecule has 0 unspecified atom stereocenters. The van der Waals surface area contributed by atoms with Crippen molar-refractivity contribution in [1.82, 2.24) is 9.78 Å². The molecule has 1 amide bonds. The maximum Gasteiger partial charge on any atom is 0.340 e. The van der Waals surface area contributed by atoms with Gasteiger partial charge < -0.3 is 10.1 Å². The third-order valence-corrected chi connectivity index (χ3v) is 4.12. The number of aryl methyl sites for hydroxylation is 2. The minimum atomic E-state index is -1.14. The van der Waals surface area contributed by atoms with Gasteiger partial charge in [0.25, 0.3) is 11.6 Å². The van der Waals surface area contributed by atoms with Crippen molar-refractivity contribution in [2.75, 3.05) is 5.32 Å². The summed E-state index contributed by atoms with van der Waals surface area (Å²) in [6, 6.07) is 3.40. The first-order chi connectivity index (χ1) is 12.1. The minimum Gasteiger partial charge on any atom is -0.449 e. The van der Waals surface area contributed by atoms with Crippen LogP contribution in [0.2, 0.25) is 5.02 Å². The zero-order valence-electron chi connectivity index (χ0n) is 14.6. The van der Waals surface area contributed by atoms with Crippen LogP contribution in [0.25, 0.3) is 0 Å². The zero-order chi connectivity index (χ0) is 19.6. The number of rotatable bonds is 5. The molecule has 1 aromatic carbocycles. The Kier molecular flexibility index (Phi) is 5.61. The fourth-order valence-corrected chi connectivity index (χ4v) is 2.43. The Bertz CT molecular complexity index is 893. The highest BCUT2D eigenvalue weighted by molar-refractivity contribution is 6.33. The molecule has 9 nitrogen and oxygen atoms in total. The normalized spacial score (nSPS) is 11.7. The molecule has 138 valence electrons. The van der Waals surface area contributed by atoms with Crippen molar-refractivity contribution >= 4 is 34.9 Å². The second-order valence-corrected chi connectivity index (χ2v) is 6.03. The van der Waals surface area contributed by atoms with Gasteiger partial charge in [0.2, 0.25) is 0 Å². The molecule has 0 fully saturated rings. The molecule has 0 saturated heterocycles. The number of esters is 1. The van der Waals surface area contributed by atoms with Crippen molar-refractivity contribution < 1.29 is 19.2 Å². The molecule has 1 aromatic heterocycles. The molecule has 0 aliphatic carbocycles. The number of benzene rings is 1. The average Bonchev–Trinajstić information content (AvgIpc) is 2.80. The van der Waals surface area contributed by atoms with Gasteiger partial charge in [-0.2, -0.15) is 5.10 Å². The van der Waals surface area contributed by atoms with E-state index in [1.165, 1.54) is 19.1 Å². The van der Waals surface area contributed by atoms with Gasteiger partial charge in [0, 0.05) is 19.2 Å². The molecule has 1 atom stereocenters. The minimum absolute atomic E-state index is 0.00726. The number of anilines is 1. The number of non-ortho nitro benzene ring substituents is 1. The highest BCUT2D eigenvalue weighted by atomic mass is 35.5. The largest absolute Gasteiger partial charge is 0.449 e. The SMILES string of the molecule is Cc1nn(C)c(C)c1NC(=O)[C@H](C)OC(=O)c1cc([N+](=O)[O-])ccc1Cl. The number of carbonyl (C=O) groups is 2. The molecule has 10 heteroatoms. The number of nitro groups is 1. The van der Waals surface area contributed by atoms with Crippen molar-refractivity contribution in [3.8, 4) is 0 Å². The Morgan fingerprint density at radius 1 is 1.38 bits per heavy atom. The monoisotopic (exact) mass is 380 g/mol. The molecule has 1 N–H and O–H groups in total. The van der Waals surface area contributed by atoms with Gasteiger partial charge in [-0.3, -0.25) is 19.6 Å². The second kappa shape index (κ2) is 7.52. The van der Waals surface area contributed by atoms with Gasteiger partial charge in [-0.15, -0.1) is 0 Å². The summed E-state index contributed by atoms with van der Waals surface area (Å²) >= 11 is 5.90. The van der Waals surface area contributed by atoms with Crippen molar-refractivity contribution in [2.24, 2.45) is 7.05 Å². The predicted octanol–water partition coefficient (Wildman–Crippen LogP) is 2.78.